The molecular weight excluding hydrogens is 262 g/mol. The fraction of sp³-hybridized carbons (Fsp3) is 0.167. The maximum Gasteiger partial charge on any atom is 0.415 e. The molecule has 3 heteroatoms. The summed E-state index contributed by atoms with van der Waals surface area (Å²) in [5, 5.41) is 0. The van der Waals surface area contributed by atoms with Crippen molar-refractivity contribution in [1.29, 1.82) is 0 Å². The fourth-order valence-electron chi connectivity index (χ4n) is 2.33. The van der Waals surface area contributed by atoms with E-state index in [-0.39, 0.29) is 12.2 Å². The number of anilines is 1. The standard InChI is InChI=1S/C18H17NO2/c1-14-9-11-16(12-10-14)19-13-5-8-17(21-18(19)20)15-6-3-2-4-7-15/h2-12,17H,13H2,1H3. The van der Waals surface area contributed by atoms with Gasteiger partial charge in [-0.15, -0.1) is 0 Å². The van der Waals surface area contributed by atoms with Gasteiger partial charge in [0.05, 0.1) is 0 Å². The predicted molar refractivity (Wildman–Crippen MR) is 83.3 cm³/mol. The van der Waals surface area contributed by atoms with Crippen LogP contribution in [0.25, 0.3) is 0 Å². The van der Waals surface area contributed by atoms with Crippen LogP contribution in [0.4, 0.5) is 10.5 Å². The molecule has 0 aromatic heterocycles. The molecule has 1 aliphatic heterocycles. The smallest absolute Gasteiger partial charge is 0.415 e. The van der Waals surface area contributed by atoms with Crippen molar-refractivity contribution in [2.24, 2.45) is 0 Å². The first-order valence-corrected chi connectivity index (χ1v) is 7.00. The Bertz CT molecular complexity index is 647. The van der Waals surface area contributed by atoms with Crippen LogP contribution in [0.5, 0.6) is 0 Å². The molecule has 21 heavy (non-hydrogen) atoms. The molecule has 0 radical (unpaired) electrons. The number of amides is 1. The lowest BCUT2D eigenvalue weighted by atomic mass is 10.1. The van der Waals surface area contributed by atoms with Crippen LogP contribution >= 0.6 is 0 Å². The molecular formula is C18H17NO2. The summed E-state index contributed by atoms with van der Waals surface area (Å²) >= 11 is 0. The number of rotatable bonds is 2. The Morgan fingerprint density at radius 1 is 1.05 bits per heavy atom. The lowest BCUT2D eigenvalue weighted by Gasteiger charge is -2.21. The minimum atomic E-state index is -0.325. The summed E-state index contributed by atoms with van der Waals surface area (Å²) in [5.41, 5.74) is 3.00. The van der Waals surface area contributed by atoms with Gasteiger partial charge >= 0.3 is 6.09 Å². The molecule has 0 saturated heterocycles. The number of carbonyl (C=O) groups is 1. The molecule has 0 bridgehead atoms. The zero-order chi connectivity index (χ0) is 14.7. The quantitative estimate of drug-likeness (QED) is 0.769. The van der Waals surface area contributed by atoms with E-state index in [1.165, 1.54) is 5.56 Å². The second-order valence-electron chi connectivity index (χ2n) is 5.09. The van der Waals surface area contributed by atoms with Crippen molar-refractivity contribution in [3.05, 3.63) is 77.9 Å². The minimum Gasteiger partial charge on any atom is -0.437 e. The molecule has 1 atom stereocenters. The molecule has 1 unspecified atom stereocenters. The summed E-state index contributed by atoms with van der Waals surface area (Å²) in [7, 11) is 0. The summed E-state index contributed by atoms with van der Waals surface area (Å²) in [6.07, 6.45) is 3.26. The maximum absolute atomic E-state index is 12.3. The van der Waals surface area contributed by atoms with E-state index in [1.807, 2.05) is 73.7 Å². The van der Waals surface area contributed by atoms with Crippen LogP contribution in [0.15, 0.2) is 66.7 Å². The van der Waals surface area contributed by atoms with E-state index >= 15 is 0 Å². The van der Waals surface area contributed by atoms with Crippen molar-refractivity contribution in [2.45, 2.75) is 13.0 Å². The summed E-state index contributed by atoms with van der Waals surface area (Å²) in [4.78, 5) is 14.0. The highest BCUT2D eigenvalue weighted by molar-refractivity contribution is 5.88. The number of ether oxygens (including phenoxy) is 1. The van der Waals surface area contributed by atoms with Crippen LogP contribution in [0, 0.1) is 6.92 Å². The topological polar surface area (TPSA) is 29.5 Å². The molecule has 1 amide bonds. The Balaban J connectivity index is 1.82. The molecule has 3 nitrogen and oxygen atoms in total. The van der Waals surface area contributed by atoms with Gasteiger partial charge in [-0.2, -0.15) is 0 Å². The molecule has 2 aromatic carbocycles. The lowest BCUT2D eigenvalue weighted by Crippen LogP contribution is -2.30. The largest absolute Gasteiger partial charge is 0.437 e. The van der Waals surface area contributed by atoms with Crippen LogP contribution in [0.2, 0.25) is 0 Å². The Labute approximate surface area is 124 Å². The minimum absolute atomic E-state index is 0.322. The van der Waals surface area contributed by atoms with Gasteiger partial charge in [0.25, 0.3) is 0 Å². The zero-order valence-corrected chi connectivity index (χ0v) is 11.9. The van der Waals surface area contributed by atoms with Gasteiger partial charge in [0.1, 0.15) is 6.10 Å². The highest BCUT2D eigenvalue weighted by Gasteiger charge is 2.23. The number of cyclic esters (lactones) is 1. The van der Waals surface area contributed by atoms with Gasteiger partial charge in [0, 0.05) is 12.2 Å². The Morgan fingerprint density at radius 2 is 1.76 bits per heavy atom. The molecule has 0 fully saturated rings. The number of nitrogens with zero attached hydrogens (tertiary/aromatic N) is 1. The third-order valence-corrected chi connectivity index (χ3v) is 3.52. The van der Waals surface area contributed by atoms with E-state index in [1.54, 1.807) is 4.90 Å². The first-order valence-electron chi connectivity index (χ1n) is 7.00. The maximum atomic E-state index is 12.3. The van der Waals surface area contributed by atoms with Gasteiger partial charge in [0.15, 0.2) is 0 Å². The number of carbonyl (C=O) groups excluding carboxylic acids is 1. The van der Waals surface area contributed by atoms with Gasteiger partial charge in [-0.05, 0) is 30.7 Å². The second-order valence-corrected chi connectivity index (χ2v) is 5.09. The van der Waals surface area contributed by atoms with Crippen molar-refractivity contribution < 1.29 is 9.53 Å². The first kappa shape index (κ1) is 13.4. The molecule has 0 N–H and O–H groups in total. The Morgan fingerprint density at radius 3 is 2.48 bits per heavy atom. The molecule has 3 rings (SSSR count). The van der Waals surface area contributed by atoms with Gasteiger partial charge in [-0.3, -0.25) is 4.90 Å². The van der Waals surface area contributed by atoms with Crippen molar-refractivity contribution in [2.75, 3.05) is 11.4 Å². The first-order chi connectivity index (χ1) is 10.2. The molecule has 2 aromatic rings. The van der Waals surface area contributed by atoms with E-state index in [2.05, 4.69) is 0 Å². The summed E-state index contributed by atoms with van der Waals surface area (Å²) in [6, 6.07) is 17.6. The molecule has 0 aliphatic carbocycles. The predicted octanol–water partition coefficient (Wildman–Crippen LogP) is 4.25. The number of hydrogen-bond donors (Lipinski definition) is 0. The van der Waals surface area contributed by atoms with E-state index in [0.717, 1.165) is 11.3 Å². The van der Waals surface area contributed by atoms with E-state index in [9.17, 15) is 4.79 Å². The van der Waals surface area contributed by atoms with Gasteiger partial charge in [0.2, 0.25) is 0 Å². The third kappa shape index (κ3) is 2.97. The van der Waals surface area contributed by atoms with Gasteiger partial charge in [-0.1, -0.05) is 54.1 Å². The lowest BCUT2D eigenvalue weighted by molar-refractivity contribution is 0.130. The molecule has 106 valence electrons. The summed E-state index contributed by atoms with van der Waals surface area (Å²) < 4.78 is 5.59. The van der Waals surface area contributed by atoms with E-state index in [0.29, 0.717) is 6.54 Å². The van der Waals surface area contributed by atoms with Crippen molar-refractivity contribution >= 4 is 11.8 Å². The highest BCUT2D eigenvalue weighted by atomic mass is 16.6. The van der Waals surface area contributed by atoms with Crippen LogP contribution in [-0.2, 0) is 4.74 Å². The van der Waals surface area contributed by atoms with Gasteiger partial charge < -0.3 is 4.74 Å². The average Bonchev–Trinajstić information content (AvgIpc) is 2.71. The third-order valence-electron chi connectivity index (χ3n) is 3.52. The molecule has 0 saturated carbocycles. The fourth-order valence-corrected chi connectivity index (χ4v) is 2.33. The van der Waals surface area contributed by atoms with Crippen molar-refractivity contribution in [1.82, 2.24) is 0 Å². The van der Waals surface area contributed by atoms with E-state index < -0.39 is 0 Å². The van der Waals surface area contributed by atoms with Crippen LogP contribution in [0.3, 0.4) is 0 Å². The van der Waals surface area contributed by atoms with E-state index in [4.69, 9.17) is 4.74 Å². The van der Waals surface area contributed by atoms with Crippen LogP contribution in [-0.4, -0.2) is 12.6 Å². The Hall–Kier alpha value is -2.55. The monoisotopic (exact) mass is 279 g/mol. The number of hydrogen-bond acceptors (Lipinski definition) is 2. The van der Waals surface area contributed by atoms with Crippen LogP contribution in [0.1, 0.15) is 17.2 Å². The zero-order valence-electron chi connectivity index (χ0n) is 11.9. The molecule has 0 spiro atoms. The normalized spacial score (nSPS) is 18.2. The second kappa shape index (κ2) is 5.83. The van der Waals surface area contributed by atoms with Gasteiger partial charge in [-0.25, -0.2) is 4.79 Å². The molecule has 1 heterocycles. The van der Waals surface area contributed by atoms with Crippen LogP contribution < -0.4 is 4.90 Å². The highest BCUT2D eigenvalue weighted by Crippen LogP contribution is 2.25. The number of benzene rings is 2. The average molecular weight is 279 g/mol. The summed E-state index contributed by atoms with van der Waals surface area (Å²) in [5.74, 6) is 0. The van der Waals surface area contributed by atoms with Crippen molar-refractivity contribution in [3.8, 4) is 0 Å². The SMILES string of the molecule is Cc1ccc(N2CC=CC(c3ccccc3)OC2=O)cc1. The Kier molecular flexibility index (Phi) is 3.73. The molecule has 1 aliphatic rings. The van der Waals surface area contributed by atoms with Crippen molar-refractivity contribution in [3.63, 3.8) is 0 Å². The summed E-state index contributed by atoms with van der Waals surface area (Å²) in [6.45, 7) is 2.54. The number of aryl methyl sites for hydroxylation is 1.